The molecule has 1 atom stereocenters. The van der Waals surface area contributed by atoms with E-state index in [0.29, 0.717) is 16.6 Å². The molecule has 2 aromatic heterocycles. The number of aromatic nitrogens is 1. The van der Waals surface area contributed by atoms with Gasteiger partial charge in [0.2, 0.25) is 0 Å². The van der Waals surface area contributed by atoms with Crippen molar-refractivity contribution in [3.05, 3.63) is 22.7 Å². The SMILES string of the molecule is CCCc1ccc2c(N)c(C(=O)N3CCCCC3CC)sc2n1. The number of thiophene rings is 1. The molecule has 0 saturated carbocycles. The number of carbonyl (C=O) groups excluding carboxylic acids is 1. The largest absolute Gasteiger partial charge is 0.397 e. The monoisotopic (exact) mass is 331 g/mol. The van der Waals surface area contributed by atoms with Crippen molar-refractivity contribution >= 4 is 33.1 Å². The Morgan fingerprint density at radius 3 is 2.96 bits per heavy atom. The van der Waals surface area contributed by atoms with Crippen LogP contribution in [0, 0.1) is 0 Å². The number of carbonyl (C=O) groups is 1. The number of hydrogen-bond donors (Lipinski definition) is 1. The van der Waals surface area contributed by atoms with Crippen molar-refractivity contribution in [2.75, 3.05) is 12.3 Å². The van der Waals surface area contributed by atoms with Gasteiger partial charge in [-0.3, -0.25) is 4.79 Å². The first kappa shape index (κ1) is 16.2. The Morgan fingerprint density at radius 1 is 1.39 bits per heavy atom. The van der Waals surface area contributed by atoms with Crippen LogP contribution in [-0.2, 0) is 6.42 Å². The zero-order valence-corrected chi connectivity index (χ0v) is 14.8. The molecule has 0 bridgehead atoms. The van der Waals surface area contributed by atoms with Gasteiger partial charge in [-0.15, -0.1) is 11.3 Å². The first-order chi connectivity index (χ1) is 11.2. The molecule has 124 valence electrons. The van der Waals surface area contributed by atoms with Crippen LogP contribution in [0.1, 0.15) is 61.3 Å². The standard InChI is InChI=1S/C18H25N3OS/c1-3-7-12-9-10-14-15(19)16(23-17(14)20-12)18(22)21-11-6-5-8-13(21)4-2/h9-10,13H,3-8,11,19H2,1-2H3. The number of anilines is 1. The summed E-state index contributed by atoms with van der Waals surface area (Å²) in [7, 11) is 0. The molecule has 3 rings (SSSR count). The van der Waals surface area contributed by atoms with E-state index in [1.165, 1.54) is 17.8 Å². The molecule has 0 aliphatic carbocycles. The van der Waals surface area contributed by atoms with E-state index >= 15 is 0 Å². The number of likely N-dealkylation sites (tertiary alicyclic amines) is 1. The average molecular weight is 331 g/mol. The van der Waals surface area contributed by atoms with Gasteiger partial charge in [0, 0.05) is 23.7 Å². The molecule has 3 heterocycles. The number of aryl methyl sites for hydroxylation is 1. The lowest BCUT2D eigenvalue weighted by molar-refractivity contribution is 0.0614. The number of rotatable bonds is 4. The molecule has 5 heteroatoms. The van der Waals surface area contributed by atoms with Crippen molar-refractivity contribution in [1.29, 1.82) is 0 Å². The van der Waals surface area contributed by atoms with Gasteiger partial charge in [-0.1, -0.05) is 20.3 Å². The summed E-state index contributed by atoms with van der Waals surface area (Å²) in [6, 6.07) is 4.40. The number of fused-ring (bicyclic) bond motifs is 1. The number of nitrogens with two attached hydrogens (primary N) is 1. The topological polar surface area (TPSA) is 59.2 Å². The Balaban J connectivity index is 1.95. The van der Waals surface area contributed by atoms with Crippen LogP contribution >= 0.6 is 11.3 Å². The van der Waals surface area contributed by atoms with Gasteiger partial charge in [0.15, 0.2) is 0 Å². The number of nitrogens with zero attached hydrogens (tertiary/aromatic N) is 2. The lowest BCUT2D eigenvalue weighted by Crippen LogP contribution is -2.43. The normalized spacial score (nSPS) is 18.5. The Hall–Kier alpha value is -1.62. The van der Waals surface area contributed by atoms with Crippen LogP contribution in [0.5, 0.6) is 0 Å². The summed E-state index contributed by atoms with van der Waals surface area (Å²) in [6.07, 6.45) is 6.44. The highest BCUT2D eigenvalue weighted by Crippen LogP contribution is 2.35. The quantitative estimate of drug-likeness (QED) is 0.912. The minimum Gasteiger partial charge on any atom is -0.397 e. The van der Waals surface area contributed by atoms with Gasteiger partial charge in [0.05, 0.1) is 5.69 Å². The van der Waals surface area contributed by atoms with E-state index in [2.05, 4.69) is 18.8 Å². The molecule has 1 amide bonds. The van der Waals surface area contributed by atoms with Gasteiger partial charge in [-0.2, -0.15) is 0 Å². The summed E-state index contributed by atoms with van der Waals surface area (Å²) >= 11 is 1.45. The molecule has 1 aliphatic heterocycles. The lowest BCUT2D eigenvalue weighted by atomic mass is 9.99. The Morgan fingerprint density at radius 2 is 2.22 bits per heavy atom. The highest BCUT2D eigenvalue weighted by molar-refractivity contribution is 7.21. The van der Waals surface area contributed by atoms with E-state index in [1.807, 2.05) is 17.0 Å². The molecule has 0 aromatic carbocycles. The number of pyridine rings is 1. The maximum absolute atomic E-state index is 13.0. The Bertz CT molecular complexity index is 710. The molecular weight excluding hydrogens is 306 g/mol. The summed E-state index contributed by atoms with van der Waals surface area (Å²) in [5.74, 6) is 0.0918. The summed E-state index contributed by atoms with van der Waals surface area (Å²) in [5.41, 5.74) is 7.96. The summed E-state index contributed by atoms with van der Waals surface area (Å²) < 4.78 is 0. The first-order valence-electron chi connectivity index (χ1n) is 8.64. The number of piperidine rings is 1. The van der Waals surface area contributed by atoms with Gasteiger partial charge in [-0.25, -0.2) is 4.98 Å². The summed E-state index contributed by atoms with van der Waals surface area (Å²) in [5, 5.41) is 0.920. The predicted octanol–water partition coefficient (Wildman–Crippen LogP) is 4.24. The molecule has 1 saturated heterocycles. The Kier molecular flexibility index (Phi) is 4.85. The smallest absolute Gasteiger partial charge is 0.266 e. The zero-order chi connectivity index (χ0) is 16.4. The minimum absolute atomic E-state index is 0.0918. The Labute approximate surface area is 141 Å². The molecule has 23 heavy (non-hydrogen) atoms. The maximum atomic E-state index is 13.0. The third kappa shape index (κ3) is 3.07. The molecular formula is C18H25N3OS. The van der Waals surface area contributed by atoms with E-state index in [0.717, 1.165) is 54.6 Å². The summed E-state index contributed by atoms with van der Waals surface area (Å²) in [4.78, 5) is 21.3. The van der Waals surface area contributed by atoms with Crippen LogP contribution in [0.2, 0.25) is 0 Å². The second-order valence-corrected chi connectivity index (χ2v) is 7.31. The van der Waals surface area contributed by atoms with Crippen LogP contribution in [0.25, 0.3) is 10.2 Å². The summed E-state index contributed by atoms with van der Waals surface area (Å²) in [6.45, 7) is 5.15. The third-order valence-electron chi connectivity index (χ3n) is 4.71. The fraction of sp³-hybridized carbons (Fsp3) is 0.556. The molecule has 2 aromatic rings. The van der Waals surface area contributed by atoms with Crippen LogP contribution in [0.15, 0.2) is 12.1 Å². The second kappa shape index (κ2) is 6.87. The predicted molar refractivity (Wildman–Crippen MR) is 97.0 cm³/mol. The average Bonchev–Trinajstić information content (AvgIpc) is 2.91. The number of amides is 1. The number of hydrogen-bond acceptors (Lipinski definition) is 4. The maximum Gasteiger partial charge on any atom is 0.266 e. The van der Waals surface area contributed by atoms with E-state index in [-0.39, 0.29) is 5.91 Å². The van der Waals surface area contributed by atoms with Crippen molar-refractivity contribution in [1.82, 2.24) is 9.88 Å². The van der Waals surface area contributed by atoms with Gasteiger partial charge < -0.3 is 10.6 Å². The van der Waals surface area contributed by atoms with Gasteiger partial charge in [0.25, 0.3) is 5.91 Å². The van der Waals surface area contributed by atoms with E-state index < -0.39 is 0 Å². The molecule has 1 unspecified atom stereocenters. The van der Waals surface area contributed by atoms with Crippen molar-refractivity contribution in [2.45, 2.75) is 58.4 Å². The van der Waals surface area contributed by atoms with Crippen LogP contribution in [0.4, 0.5) is 5.69 Å². The van der Waals surface area contributed by atoms with E-state index in [1.54, 1.807) is 0 Å². The van der Waals surface area contributed by atoms with E-state index in [9.17, 15) is 4.79 Å². The molecule has 4 nitrogen and oxygen atoms in total. The van der Waals surface area contributed by atoms with Gasteiger partial charge >= 0.3 is 0 Å². The fourth-order valence-electron chi connectivity index (χ4n) is 3.41. The molecule has 0 radical (unpaired) electrons. The molecule has 0 spiro atoms. The second-order valence-electron chi connectivity index (χ2n) is 6.31. The van der Waals surface area contributed by atoms with Crippen LogP contribution in [-0.4, -0.2) is 28.4 Å². The van der Waals surface area contributed by atoms with Crippen molar-refractivity contribution < 1.29 is 4.79 Å². The molecule has 1 fully saturated rings. The lowest BCUT2D eigenvalue weighted by Gasteiger charge is -2.35. The highest BCUT2D eigenvalue weighted by Gasteiger charge is 2.29. The third-order valence-corrected chi connectivity index (χ3v) is 5.81. The zero-order valence-electron chi connectivity index (χ0n) is 14.0. The van der Waals surface area contributed by atoms with Crippen LogP contribution in [0.3, 0.4) is 0 Å². The van der Waals surface area contributed by atoms with Crippen LogP contribution < -0.4 is 5.73 Å². The van der Waals surface area contributed by atoms with Crippen molar-refractivity contribution in [3.8, 4) is 0 Å². The van der Waals surface area contributed by atoms with Gasteiger partial charge in [0.1, 0.15) is 9.71 Å². The van der Waals surface area contributed by atoms with E-state index in [4.69, 9.17) is 5.73 Å². The molecule has 1 aliphatic rings. The molecule has 2 N–H and O–H groups in total. The minimum atomic E-state index is 0.0918. The van der Waals surface area contributed by atoms with Gasteiger partial charge in [-0.05, 0) is 44.2 Å². The first-order valence-corrected chi connectivity index (χ1v) is 9.46. The number of nitrogen functional groups attached to an aromatic ring is 1. The highest BCUT2D eigenvalue weighted by atomic mass is 32.1. The van der Waals surface area contributed by atoms with Crippen molar-refractivity contribution in [3.63, 3.8) is 0 Å². The fourth-order valence-corrected chi connectivity index (χ4v) is 4.48. The van der Waals surface area contributed by atoms with Crippen molar-refractivity contribution in [2.24, 2.45) is 0 Å².